The van der Waals surface area contributed by atoms with Gasteiger partial charge in [-0.3, -0.25) is 19.3 Å². The van der Waals surface area contributed by atoms with Crippen molar-refractivity contribution in [3.63, 3.8) is 0 Å². The van der Waals surface area contributed by atoms with Crippen LogP contribution in [0.1, 0.15) is 142 Å². The molecule has 1 fully saturated rings. The molecule has 1 aliphatic rings. The summed E-state index contributed by atoms with van der Waals surface area (Å²) in [7, 11) is 0. The van der Waals surface area contributed by atoms with Crippen LogP contribution in [0.3, 0.4) is 0 Å². The number of hydrogen-bond acceptors (Lipinski definition) is 4. The average molecular weight is 464 g/mol. The standard InChI is InChI=1S/C28H49NO4/c1-24-23-27(32)29(28(24)33)22-21-26(31)20-18-16-14-12-10-8-6-4-3-5-7-9-11-13-15-17-19-25(2)30/h24H,3-23H2,1-2H3. The van der Waals surface area contributed by atoms with Crippen LogP contribution < -0.4 is 0 Å². The third-order valence-corrected chi connectivity index (χ3v) is 6.82. The molecule has 0 bridgehead atoms. The fourth-order valence-electron chi connectivity index (χ4n) is 4.62. The van der Waals surface area contributed by atoms with Crippen LogP contribution in [-0.4, -0.2) is 34.8 Å². The first kappa shape index (κ1) is 29.5. The van der Waals surface area contributed by atoms with E-state index in [4.69, 9.17) is 0 Å². The molecule has 1 aliphatic heterocycles. The summed E-state index contributed by atoms with van der Waals surface area (Å²) in [6, 6.07) is 0. The van der Waals surface area contributed by atoms with Gasteiger partial charge in [0.2, 0.25) is 11.8 Å². The largest absolute Gasteiger partial charge is 0.300 e. The Morgan fingerprint density at radius 2 is 1.06 bits per heavy atom. The summed E-state index contributed by atoms with van der Waals surface area (Å²) in [5, 5.41) is 0. The molecule has 2 amide bonds. The van der Waals surface area contributed by atoms with E-state index >= 15 is 0 Å². The Bertz CT molecular complexity index is 586. The number of unbranched alkanes of at least 4 members (excludes halogenated alkanes) is 15. The third kappa shape index (κ3) is 15.1. The number of ketones is 2. The van der Waals surface area contributed by atoms with E-state index in [9.17, 15) is 19.2 Å². The number of Topliss-reactive ketones (excluding diaryl/α,β-unsaturated/α-hetero) is 2. The van der Waals surface area contributed by atoms with Gasteiger partial charge < -0.3 is 4.79 Å². The molecule has 1 unspecified atom stereocenters. The highest BCUT2D eigenvalue weighted by Gasteiger charge is 2.35. The van der Waals surface area contributed by atoms with E-state index in [0.29, 0.717) is 18.6 Å². The molecule has 0 spiro atoms. The number of carbonyl (C=O) groups excluding carboxylic acids is 4. The van der Waals surface area contributed by atoms with Crippen LogP contribution in [0.25, 0.3) is 0 Å². The Labute approximate surface area is 202 Å². The second-order valence-electron chi connectivity index (χ2n) is 10.1. The second-order valence-corrected chi connectivity index (χ2v) is 10.1. The van der Waals surface area contributed by atoms with Gasteiger partial charge in [0.1, 0.15) is 11.6 Å². The molecule has 0 N–H and O–H groups in total. The van der Waals surface area contributed by atoms with Crippen molar-refractivity contribution in [1.82, 2.24) is 4.90 Å². The summed E-state index contributed by atoms with van der Waals surface area (Å²) in [6.07, 6.45) is 22.0. The average Bonchev–Trinajstić information content (AvgIpc) is 3.02. The molecule has 1 saturated heterocycles. The maximum atomic E-state index is 12.0. The van der Waals surface area contributed by atoms with E-state index in [1.165, 1.54) is 88.4 Å². The maximum absolute atomic E-state index is 12.0. The van der Waals surface area contributed by atoms with E-state index in [2.05, 4.69) is 0 Å². The molecular weight excluding hydrogens is 414 g/mol. The van der Waals surface area contributed by atoms with Crippen LogP contribution >= 0.6 is 0 Å². The zero-order valence-electron chi connectivity index (χ0n) is 21.5. The van der Waals surface area contributed by atoms with Crippen molar-refractivity contribution in [1.29, 1.82) is 0 Å². The lowest BCUT2D eigenvalue weighted by atomic mass is 10.0. The molecular formula is C28H49NO4. The van der Waals surface area contributed by atoms with Crippen LogP contribution in [-0.2, 0) is 19.2 Å². The number of likely N-dealkylation sites (tertiary alicyclic amines) is 1. The molecule has 0 aromatic heterocycles. The maximum Gasteiger partial charge on any atom is 0.232 e. The Morgan fingerprint density at radius 1 is 0.667 bits per heavy atom. The monoisotopic (exact) mass is 463 g/mol. The number of carbonyl (C=O) groups is 4. The molecule has 0 saturated carbocycles. The minimum absolute atomic E-state index is 0.124. The summed E-state index contributed by atoms with van der Waals surface area (Å²) >= 11 is 0. The molecule has 0 radical (unpaired) electrons. The smallest absolute Gasteiger partial charge is 0.232 e. The van der Waals surface area contributed by atoms with Crippen molar-refractivity contribution in [2.24, 2.45) is 5.92 Å². The third-order valence-electron chi connectivity index (χ3n) is 6.82. The zero-order chi connectivity index (χ0) is 24.3. The zero-order valence-corrected chi connectivity index (χ0v) is 21.5. The van der Waals surface area contributed by atoms with Gasteiger partial charge in [-0.2, -0.15) is 0 Å². The molecule has 33 heavy (non-hydrogen) atoms. The van der Waals surface area contributed by atoms with Crippen LogP contribution in [0.15, 0.2) is 0 Å². The van der Waals surface area contributed by atoms with Crippen LogP contribution in [0, 0.1) is 5.92 Å². The van der Waals surface area contributed by atoms with E-state index in [1.54, 1.807) is 13.8 Å². The van der Waals surface area contributed by atoms with E-state index in [-0.39, 0.29) is 36.5 Å². The van der Waals surface area contributed by atoms with Gasteiger partial charge in [0.05, 0.1) is 0 Å². The summed E-state index contributed by atoms with van der Waals surface area (Å²) in [5.74, 6) is 0.0115. The second kappa shape index (κ2) is 18.9. The Kier molecular flexibility index (Phi) is 16.9. The van der Waals surface area contributed by atoms with Crippen molar-refractivity contribution >= 4 is 23.4 Å². The Morgan fingerprint density at radius 3 is 1.42 bits per heavy atom. The number of hydrogen-bond donors (Lipinski definition) is 0. The van der Waals surface area contributed by atoms with Gasteiger partial charge in [0.15, 0.2) is 0 Å². The van der Waals surface area contributed by atoms with Crippen LogP contribution in [0.5, 0.6) is 0 Å². The van der Waals surface area contributed by atoms with Gasteiger partial charge in [0, 0.05) is 38.1 Å². The molecule has 5 heteroatoms. The predicted molar refractivity (Wildman–Crippen MR) is 134 cm³/mol. The van der Waals surface area contributed by atoms with Crippen molar-refractivity contribution < 1.29 is 19.2 Å². The van der Waals surface area contributed by atoms with Gasteiger partial charge in [-0.05, 0) is 19.8 Å². The molecule has 5 nitrogen and oxygen atoms in total. The molecule has 1 atom stereocenters. The predicted octanol–water partition coefficient (Wildman–Crippen LogP) is 6.95. The minimum Gasteiger partial charge on any atom is -0.300 e. The number of amides is 2. The van der Waals surface area contributed by atoms with Gasteiger partial charge in [-0.25, -0.2) is 0 Å². The quantitative estimate of drug-likeness (QED) is 0.129. The van der Waals surface area contributed by atoms with Crippen LogP contribution in [0.2, 0.25) is 0 Å². The first-order valence-corrected chi connectivity index (χ1v) is 13.8. The van der Waals surface area contributed by atoms with Crippen molar-refractivity contribution in [2.75, 3.05) is 6.54 Å². The lowest BCUT2D eigenvalue weighted by Gasteiger charge is -2.13. The SMILES string of the molecule is CC(=O)CCCCCCCCCCCCCCCCCCC(=O)CCN1C(=O)CC(C)C1=O. The van der Waals surface area contributed by atoms with E-state index < -0.39 is 0 Å². The lowest BCUT2D eigenvalue weighted by Crippen LogP contribution is -2.32. The summed E-state index contributed by atoms with van der Waals surface area (Å²) in [6.45, 7) is 3.72. The molecule has 0 aromatic carbocycles. The first-order chi connectivity index (χ1) is 15.9. The Balaban J connectivity index is 1.78. The first-order valence-electron chi connectivity index (χ1n) is 13.8. The highest BCUT2D eigenvalue weighted by Crippen LogP contribution is 2.19. The number of rotatable bonds is 22. The van der Waals surface area contributed by atoms with Gasteiger partial charge in [-0.15, -0.1) is 0 Å². The van der Waals surface area contributed by atoms with Crippen molar-refractivity contribution in [3.8, 4) is 0 Å². The summed E-state index contributed by atoms with van der Waals surface area (Å²) in [4.78, 5) is 47.8. The molecule has 0 aliphatic carbocycles. The summed E-state index contributed by atoms with van der Waals surface area (Å²) in [5.41, 5.74) is 0. The van der Waals surface area contributed by atoms with Gasteiger partial charge in [0.25, 0.3) is 0 Å². The lowest BCUT2D eigenvalue weighted by molar-refractivity contribution is -0.139. The van der Waals surface area contributed by atoms with Crippen molar-refractivity contribution in [3.05, 3.63) is 0 Å². The summed E-state index contributed by atoms with van der Waals surface area (Å²) < 4.78 is 0. The molecule has 0 aromatic rings. The van der Waals surface area contributed by atoms with E-state index in [0.717, 1.165) is 25.7 Å². The number of imide groups is 1. The topological polar surface area (TPSA) is 71.5 Å². The highest BCUT2D eigenvalue weighted by atomic mass is 16.2. The fourth-order valence-corrected chi connectivity index (χ4v) is 4.62. The molecule has 1 rings (SSSR count). The van der Waals surface area contributed by atoms with Crippen LogP contribution in [0.4, 0.5) is 0 Å². The van der Waals surface area contributed by atoms with E-state index in [1.807, 2.05) is 0 Å². The van der Waals surface area contributed by atoms with Gasteiger partial charge >= 0.3 is 0 Å². The fraction of sp³-hybridized carbons (Fsp3) is 0.857. The Hall–Kier alpha value is -1.52. The number of nitrogens with zero attached hydrogens (tertiary/aromatic N) is 1. The highest BCUT2D eigenvalue weighted by molar-refractivity contribution is 6.03. The molecule has 1 heterocycles. The minimum atomic E-state index is -0.224. The normalized spacial score (nSPS) is 16.1. The van der Waals surface area contributed by atoms with Crippen molar-refractivity contribution in [2.45, 2.75) is 142 Å². The molecule has 190 valence electrons. The van der Waals surface area contributed by atoms with Gasteiger partial charge in [-0.1, -0.05) is 96.8 Å².